The lowest BCUT2D eigenvalue weighted by Gasteiger charge is -2.26. The SMILES string of the molecule is C/C=C(\C=C(/CC)CN(Cc1cccc(OCC)c1)Cc1c(-c2ccc(OCC)cc2)nc(-c2ccccc2)n1CCCC)OCC. The number of hydrogen-bond donors (Lipinski definition) is 0. The van der Waals surface area contributed by atoms with Gasteiger partial charge < -0.3 is 18.8 Å². The molecule has 0 amide bonds. The van der Waals surface area contributed by atoms with Crippen LogP contribution in [0.2, 0.25) is 0 Å². The summed E-state index contributed by atoms with van der Waals surface area (Å²) in [7, 11) is 0. The van der Waals surface area contributed by atoms with E-state index in [1.54, 1.807) is 0 Å². The first-order valence-electron chi connectivity index (χ1n) is 17.3. The lowest BCUT2D eigenvalue weighted by molar-refractivity contribution is 0.239. The number of allylic oxidation sites excluding steroid dienone is 2. The number of hydrogen-bond acceptors (Lipinski definition) is 5. The molecule has 0 radical (unpaired) electrons. The first-order chi connectivity index (χ1) is 23.0. The maximum absolute atomic E-state index is 5.93. The highest BCUT2D eigenvalue weighted by Gasteiger charge is 2.23. The van der Waals surface area contributed by atoms with Gasteiger partial charge in [-0.1, -0.05) is 68.3 Å². The first-order valence-corrected chi connectivity index (χ1v) is 17.3. The summed E-state index contributed by atoms with van der Waals surface area (Å²) in [5.74, 6) is 3.69. The van der Waals surface area contributed by atoms with Crippen LogP contribution in [0.15, 0.2) is 102 Å². The van der Waals surface area contributed by atoms with E-state index in [-0.39, 0.29) is 0 Å². The topological polar surface area (TPSA) is 48.8 Å². The molecule has 0 saturated heterocycles. The standard InChI is InChI=1S/C41H53N3O3/c1-7-13-26-44-39(40(34-22-24-37(25-23-34)46-11-5)42-41(44)35-19-15-14-16-20-35)31-43(29-32(8-2)27-36(9-3)45-10-4)30-33-18-17-21-38(28-33)47-12-6/h9,14-25,27-28H,7-8,10-13,26,29-31H2,1-6H3/b32-27+,36-9+. The van der Waals surface area contributed by atoms with Gasteiger partial charge in [0.15, 0.2) is 0 Å². The largest absolute Gasteiger partial charge is 0.494 e. The van der Waals surface area contributed by atoms with Crippen LogP contribution in [-0.2, 0) is 24.4 Å². The quantitative estimate of drug-likeness (QED) is 0.0758. The zero-order chi connectivity index (χ0) is 33.4. The Bertz CT molecular complexity index is 1570. The van der Waals surface area contributed by atoms with Gasteiger partial charge in [0.05, 0.1) is 31.2 Å². The van der Waals surface area contributed by atoms with Gasteiger partial charge in [-0.15, -0.1) is 0 Å². The zero-order valence-electron chi connectivity index (χ0n) is 29.3. The van der Waals surface area contributed by atoms with E-state index in [9.17, 15) is 0 Å². The van der Waals surface area contributed by atoms with Crippen LogP contribution < -0.4 is 9.47 Å². The van der Waals surface area contributed by atoms with Gasteiger partial charge in [-0.05, 0) is 94.7 Å². The fraction of sp³-hybridized carbons (Fsp3) is 0.390. The summed E-state index contributed by atoms with van der Waals surface area (Å²) in [6, 6.07) is 27.5. The van der Waals surface area contributed by atoms with Crippen molar-refractivity contribution in [2.45, 2.75) is 80.4 Å². The second-order valence-corrected chi connectivity index (χ2v) is 11.6. The molecule has 0 saturated carbocycles. The van der Waals surface area contributed by atoms with Gasteiger partial charge in [0.1, 0.15) is 23.1 Å². The van der Waals surface area contributed by atoms with Crippen LogP contribution in [0.4, 0.5) is 0 Å². The number of imidazole rings is 1. The van der Waals surface area contributed by atoms with E-state index in [0.717, 1.165) is 85.3 Å². The molecule has 6 heteroatoms. The predicted molar refractivity (Wildman–Crippen MR) is 195 cm³/mol. The molecule has 0 aliphatic rings. The molecule has 250 valence electrons. The predicted octanol–water partition coefficient (Wildman–Crippen LogP) is 10.1. The second kappa shape index (κ2) is 18.8. The van der Waals surface area contributed by atoms with Crippen LogP contribution in [0.3, 0.4) is 0 Å². The van der Waals surface area contributed by atoms with Crippen molar-refractivity contribution in [3.8, 4) is 34.1 Å². The van der Waals surface area contributed by atoms with Crippen LogP contribution in [-0.4, -0.2) is 40.8 Å². The summed E-state index contributed by atoms with van der Waals surface area (Å²) in [5, 5.41) is 0. The summed E-state index contributed by atoms with van der Waals surface area (Å²) in [4.78, 5) is 7.93. The van der Waals surface area contributed by atoms with Gasteiger partial charge >= 0.3 is 0 Å². The normalized spacial score (nSPS) is 12.1. The van der Waals surface area contributed by atoms with Gasteiger partial charge in [-0.3, -0.25) is 4.90 Å². The highest BCUT2D eigenvalue weighted by Crippen LogP contribution is 2.33. The van der Waals surface area contributed by atoms with Crippen molar-refractivity contribution in [3.63, 3.8) is 0 Å². The van der Waals surface area contributed by atoms with Gasteiger partial charge in [0.2, 0.25) is 0 Å². The molecule has 0 bridgehead atoms. The Hall–Kier alpha value is -4.29. The van der Waals surface area contributed by atoms with Crippen LogP contribution in [0.5, 0.6) is 11.5 Å². The lowest BCUT2D eigenvalue weighted by Crippen LogP contribution is -2.27. The smallest absolute Gasteiger partial charge is 0.140 e. The van der Waals surface area contributed by atoms with Crippen molar-refractivity contribution in [1.29, 1.82) is 0 Å². The summed E-state index contributed by atoms with van der Waals surface area (Å²) < 4.78 is 20.1. The molecule has 0 atom stereocenters. The molecule has 1 aromatic heterocycles. The second-order valence-electron chi connectivity index (χ2n) is 11.6. The fourth-order valence-corrected chi connectivity index (χ4v) is 5.78. The highest BCUT2D eigenvalue weighted by atomic mass is 16.5. The monoisotopic (exact) mass is 635 g/mol. The van der Waals surface area contributed by atoms with E-state index in [4.69, 9.17) is 19.2 Å². The Morgan fingerprint density at radius 1 is 0.787 bits per heavy atom. The minimum atomic E-state index is 0.638. The molecule has 0 unspecified atom stereocenters. The molecule has 0 spiro atoms. The zero-order valence-corrected chi connectivity index (χ0v) is 29.3. The van der Waals surface area contributed by atoms with E-state index in [1.165, 1.54) is 16.8 Å². The van der Waals surface area contributed by atoms with Crippen LogP contribution in [0.1, 0.15) is 72.1 Å². The fourth-order valence-electron chi connectivity index (χ4n) is 5.78. The molecular weight excluding hydrogens is 582 g/mol. The molecule has 0 aliphatic heterocycles. The molecule has 6 nitrogen and oxygen atoms in total. The van der Waals surface area contributed by atoms with Crippen molar-refractivity contribution in [2.75, 3.05) is 26.4 Å². The Balaban J connectivity index is 1.85. The number of aromatic nitrogens is 2. The van der Waals surface area contributed by atoms with E-state index < -0.39 is 0 Å². The number of rotatable bonds is 19. The van der Waals surface area contributed by atoms with Gasteiger partial charge in [-0.25, -0.2) is 4.98 Å². The number of ether oxygens (including phenoxy) is 3. The van der Waals surface area contributed by atoms with Crippen molar-refractivity contribution in [3.05, 3.63) is 114 Å². The van der Waals surface area contributed by atoms with Gasteiger partial charge in [0, 0.05) is 37.3 Å². The van der Waals surface area contributed by atoms with Crippen LogP contribution in [0, 0.1) is 0 Å². The van der Waals surface area contributed by atoms with Crippen molar-refractivity contribution in [2.24, 2.45) is 0 Å². The Morgan fingerprint density at radius 3 is 2.19 bits per heavy atom. The van der Waals surface area contributed by atoms with Crippen molar-refractivity contribution in [1.82, 2.24) is 14.5 Å². The minimum Gasteiger partial charge on any atom is -0.494 e. The molecular formula is C41H53N3O3. The average Bonchev–Trinajstić information content (AvgIpc) is 3.45. The molecule has 4 rings (SSSR count). The number of unbranched alkanes of at least 4 members (excludes halogenated alkanes) is 1. The third-order valence-corrected chi connectivity index (χ3v) is 8.09. The van der Waals surface area contributed by atoms with E-state index in [2.05, 4.69) is 102 Å². The van der Waals surface area contributed by atoms with E-state index >= 15 is 0 Å². The highest BCUT2D eigenvalue weighted by molar-refractivity contribution is 5.69. The Labute approximate surface area is 282 Å². The maximum Gasteiger partial charge on any atom is 0.140 e. The number of nitrogens with zero attached hydrogens (tertiary/aromatic N) is 3. The van der Waals surface area contributed by atoms with Crippen LogP contribution in [0.25, 0.3) is 22.6 Å². The van der Waals surface area contributed by atoms with Crippen LogP contribution >= 0.6 is 0 Å². The molecule has 0 fully saturated rings. The third-order valence-electron chi connectivity index (χ3n) is 8.09. The van der Waals surface area contributed by atoms with E-state index in [1.807, 2.05) is 39.8 Å². The molecule has 4 aromatic rings. The van der Waals surface area contributed by atoms with Crippen molar-refractivity contribution < 1.29 is 14.2 Å². The Kier molecular flexibility index (Phi) is 14.2. The van der Waals surface area contributed by atoms with Gasteiger partial charge in [-0.2, -0.15) is 0 Å². The summed E-state index contributed by atoms with van der Waals surface area (Å²) >= 11 is 0. The minimum absolute atomic E-state index is 0.638. The molecule has 1 heterocycles. The van der Waals surface area contributed by atoms with Crippen molar-refractivity contribution >= 4 is 0 Å². The molecule has 3 aromatic carbocycles. The first kappa shape index (κ1) is 35.6. The van der Waals surface area contributed by atoms with Gasteiger partial charge in [0.25, 0.3) is 0 Å². The summed E-state index contributed by atoms with van der Waals surface area (Å²) in [5.41, 5.74) is 6.98. The number of benzene rings is 3. The summed E-state index contributed by atoms with van der Waals surface area (Å²) in [6.07, 6.45) is 7.36. The van der Waals surface area contributed by atoms with E-state index in [0.29, 0.717) is 19.8 Å². The third kappa shape index (κ3) is 10.1. The lowest BCUT2D eigenvalue weighted by atomic mass is 10.1. The Morgan fingerprint density at radius 2 is 1.53 bits per heavy atom. The molecule has 0 aliphatic carbocycles. The molecule has 47 heavy (non-hydrogen) atoms. The average molecular weight is 636 g/mol. The maximum atomic E-state index is 5.93. The summed E-state index contributed by atoms with van der Waals surface area (Å²) in [6.45, 7) is 17.7. The molecule has 0 N–H and O–H groups in total.